The van der Waals surface area contributed by atoms with Gasteiger partial charge >= 0.3 is 0 Å². The zero-order valence-corrected chi connectivity index (χ0v) is 15.1. The fourth-order valence-corrected chi connectivity index (χ4v) is 2.23. The molecule has 25 heavy (non-hydrogen) atoms. The smallest absolute Gasteiger partial charge is 0.257 e. The molecule has 2 aromatic carbocycles. The summed E-state index contributed by atoms with van der Waals surface area (Å²) in [5.41, 5.74) is 1.14. The van der Waals surface area contributed by atoms with E-state index in [1.807, 2.05) is 6.07 Å². The van der Waals surface area contributed by atoms with Gasteiger partial charge in [0.25, 0.3) is 5.91 Å². The molecular weight excluding hydrogens is 336 g/mol. The number of aromatic hydroxyl groups is 1. The van der Waals surface area contributed by atoms with Gasteiger partial charge in [-0.25, -0.2) is 0 Å². The van der Waals surface area contributed by atoms with E-state index < -0.39 is 0 Å². The van der Waals surface area contributed by atoms with Crippen molar-refractivity contribution in [2.45, 2.75) is 20.3 Å². The lowest BCUT2D eigenvalue weighted by Crippen LogP contribution is -2.34. The van der Waals surface area contributed by atoms with Gasteiger partial charge in [0.05, 0.1) is 6.61 Å². The molecule has 0 bridgehead atoms. The number of rotatable bonds is 6. The number of phenolic OH excluding ortho intramolecular Hbond substituents is 1. The van der Waals surface area contributed by atoms with Crippen molar-refractivity contribution in [1.29, 1.82) is 0 Å². The number of amides is 1. The number of hydrogen-bond acceptors (Lipinski definition) is 4. The van der Waals surface area contributed by atoms with Gasteiger partial charge < -0.3 is 15.2 Å². The first-order chi connectivity index (χ1) is 11.9. The van der Waals surface area contributed by atoms with E-state index in [1.165, 1.54) is 12.1 Å². The maximum atomic E-state index is 12.3. The molecule has 0 saturated carbocycles. The number of carbonyl (C=O) groups excluding carboxylic acids is 1. The topological polar surface area (TPSA) is 70.6 Å². The van der Waals surface area contributed by atoms with E-state index in [2.05, 4.69) is 24.5 Å². The SMILES string of the molecule is CC(C)CCOc1cccc(C(=O)NC(=S)Nc2ccc(O)cc2)c1. The average Bonchev–Trinajstić information content (AvgIpc) is 2.57. The Labute approximate surface area is 153 Å². The summed E-state index contributed by atoms with van der Waals surface area (Å²) in [4.78, 5) is 12.3. The molecule has 6 heteroatoms. The highest BCUT2D eigenvalue weighted by atomic mass is 32.1. The summed E-state index contributed by atoms with van der Waals surface area (Å²) in [5, 5.41) is 15.0. The molecule has 5 nitrogen and oxygen atoms in total. The molecule has 0 saturated heterocycles. The molecule has 0 aliphatic heterocycles. The Kier molecular flexibility index (Phi) is 6.77. The molecule has 2 rings (SSSR count). The summed E-state index contributed by atoms with van der Waals surface area (Å²) < 4.78 is 5.67. The van der Waals surface area contributed by atoms with Crippen molar-refractivity contribution in [1.82, 2.24) is 5.32 Å². The third-order valence-corrected chi connectivity index (χ3v) is 3.62. The standard InChI is InChI=1S/C19H22N2O3S/c1-13(2)10-11-24-17-5-3-4-14(12-17)18(23)21-19(25)20-15-6-8-16(22)9-7-15/h3-9,12-13,22H,10-11H2,1-2H3,(H2,20,21,23,25). The molecule has 2 aromatic rings. The number of anilines is 1. The van der Waals surface area contributed by atoms with Gasteiger partial charge in [0.2, 0.25) is 0 Å². The maximum absolute atomic E-state index is 12.3. The van der Waals surface area contributed by atoms with E-state index in [4.69, 9.17) is 17.0 Å². The minimum Gasteiger partial charge on any atom is -0.508 e. The van der Waals surface area contributed by atoms with Gasteiger partial charge in [-0.1, -0.05) is 19.9 Å². The lowest BCUT2D eigenvalue weighted by molar-refractivity contribution is 0.0977. The normalized spacial score (nSPS) is 10.4. The molecule has 1 amide bonds. The van der Waals surface area contributed by atoms with E-state index >= 15 is 0 Å². The van der Waals surface area contributed by atoms with Crippen LogP contribution in [0.3, 0.4) is 0 Å². The molecular formula is C19H22N2O3S. The quantitative estimate of drug-likeness (QED) is 0.539. The molecule has 0 atom stereocenters. The Hall–Kier alpha value is -2.60. The van der Waals surface area contributed by atoms with Crippen molar-refractivity contribution in [3.05, 3.63) is 54.1 Å². The molecule has 3 N–H and O–H groups in total. The molecule has 0 radical (unpaired) electrons. The Morgan fingerprint density at radius 3 is 2.60 bits per heavy atom. The lowest BCUT2D eigenvalue weighted by atomic mass is 10.1. The van der Waals surface area contributed by atoms with Crippen molar-refractivity contribution in [3.63, 3.8) is 0 Å². The number of hydrogen-bond donors (Lipinski definition) is 3. The lowest BCUT2D eigenvalue weighted by Gasteiger charge is -2.11. The zero-order valence-electron chi connectivity index (χ0n) is 14.3. The first-order valence-electron chi connectivity index (χ1n) is 8.08. The van der Waals surface area contributed by atoms with Crippen LogP contribution in [-0.4, -0.2) is 22.7 Å². The largest absolute Gasteiger partial charge is 0.508 e. The fraction of sp³-hybridized carbons (Fsp3) is 0.263. The van der Waals surface area contributed by atoms with Crippen LogP contribution >= 0.6 is 12.2 Å². The van der Waals surface area contributed by atoms with Crippen LogP contribution in [-0.2, 0) is 0 Å². The molecule has 0 heterocycles. The second-order valence-electron chi connectivity index (χ2n) is 6.01. The van der Waals surface area contributed by atoms with Gasteiger partial charge in [0, 0.05) is 11.3 Å². The fourth-order valence-electron chi connectivity index (χ4n) is 2.02. The van der Waals surface area contributed by atoms with Gasteiger partial charge in [-0.3, -0.25) is 10.1 Å². The summed E-state index contributed by atoms with van der Waals surface area (Å²) in [6.45, 7) is 4.88. The van der Waals surface area contributed by atoms with Gasteiger partial charge in [-0.2, -0.15) is 0 Å². The molecule has 0 spiro atoms. The van der Waals surface area contributed by atoms with Crippen molar-refractivity contribution in [2.75, 3.05) is 11.9 Å². The molecule has 0 aliphatic carbocycles. The first kappa shape index (κ1) is 18.7. The van der Waals surface area contributed by atoms with Gasteiger partial charge in [0.15, 0.2) is 5.11 Å². The molecule has 0 aliphatic rings. The average molecular weight is 358 g/mol. The van der Waals surface area contributed by atoms with Crippen LogP contribution in [0.15, 0.2) is 48.5 Å². The minimum atomic E-state index is -0.314. The van der Waals surface area contributed by atoms with Gasteiger partial charge in [0.1, 0.15) is 11.5 Å². The summed E-state index contributed by atoms with van der Waals surface area (Å²) in [7, 11) is 0. The van der Waals surface area contributed by atoms with E-state index in [1.54, 1.807) is 30.3 Å². The molecule has 0 aromatic heterocycles. The van der Waals surface area contributed by atoms with Crippen LogP contribution in [0.25, 0.3) is 0 Å². The van der Waals surface area contributed by atoms with Crippen LogP contribution in [0.2, 0.25) is 0 Å². The number of nitrogens with one attached hydrogen (secondary N) is 2. The Bertz CT molecular complexity index is 730. The third-order valence-electron chi connectivity index (χ3n) is 3.41. The summed E-state index contributed by atoms with van der Waals surface area (Å²) >= 11 is 5.14. The van der Waals surface area contributed by atoms with E-state index in [0.29, 0.717) is 29.5 Å². The van der Waals surface area contributed by atoms with Crippen LogP contribution in [0.5, 0.6) is 11.5 Å². The predicted octanol–water partition coefficient (Wildman–Crippen LogP) is 3.94. The van der Waals surface area contributed by atoms with Crippen LogP contribution in [0, 0.1) is 5.92 Å². The van der Waals surface area contributed by atoms with Crippen LogP contribution < -0.4 is 15.4 Å². The Morgan fingerprint density at radius 1 is 1.20 bits per heavy atom. The van der Waals surface area contributed by atoms with E-state index in [-0.39, 0.29) is 16.8 Å². The summed E-state index contributed by atoms with van der Waals surface area (Å²) in [6, 6.07) is 13.4. The zero-order chi connectivity index (χ0) is 18.2. The summed E-state index contributed by atoms with van der Waals surface area (Å²) in [6.07, 6.45) is 0.955. The van der Waals surface area contributed by atoms with Gasteiger partial charge in [-0.05, 0) is 67.0 Å². The predicted molar refractivity (Wildman–Crippen MR) is 103 cm³/mol. The van der Waals surface area contributed by atoms with Crippen molar-refractivity contribution in [3.8, 4) is 11.5 Å². The van der Waals surface area contributed by atoms with E-state index in [0.717, 1.165) is 6.42 Å². The van der Waals surface area contributed by atoms with Gasteiger partial charge in [-0.15, -0.1) is 0 Å². The van der Waals surface area contributed by atoms with Crippen LogP contribution in [0.1, 0.15) is 30.6 Å². The van der Waals surface area contributed by atoms with Crippen molar-refractivity contribution >= 4 is 28.9 Å². The number of ether oxygens (including phenoxy) is 1. The molecule has 0 fully saturated rings. The van der Waals surface area contributed by atoms with E-state index in [9.17, 15) is 9.90 Å². The van der Waals surface area contributed by atoms with Crippen molar-refractivity contribution in [2.24, 2.45) is 5.92 Å². The van der Waals surface area contributed by atoms with Crippen molar-refractivity contribution < 1.29 is 14.6 Å². The minimum absolute atomic E-state index is 0.162. The highest BCUT2D eigenvalue weighted by Crippen LogP contribution is 2.15. The summed E-state index contributed by atoms with van der Waals surface area (Å²) in [5.74, 6) is 1.07. The Balaban J connectivity index is 1.91. The molecule has 132 valence electrons. The number of carbonyl (C=O) groups is 1. The molecule has 0 unspecified atom stereocenters. The van der Waals surface area contributed by atoms with Crippen LogP contribution in [0.4, 0.5) is 5.69 Å². The highest BCUT2D eigenvalue weighted by molar-refractivity contribution is 7.80. The first-order valence-corrected chi connectivity index (χ1v) is 8.49. The Morgan fingerprint density at radius 2 is 1.92 bits per heavy atom. The number of thiocarbonyl (C=S) groups is 1. The number of benzene rings is 2. The third kappa shape index (κ3) is 6.43. The second kappa shape index (κ2) is 9.03. The monoisotopic (exact) mass is 358 g/mol. The maximum Gasteiger partial charge on any atom is 0.257 e. The highest BCUT2D eigenvalue weighted by Gasteiger charge is 2.09. The second-order valence-corrected chi connectivity index (χ2v) is 6.42. The number of phenols is 1.